The Bertz CT molecular complexity index is 564. The second-order valence-corrected chi connectivity index (χ2v) is 4.86. The van der Waals surface area contributed by atoms with Crippen LogP contribution in [0, 0.1) is 5.92 Å². The van der Waals surface area contributed by atoms with E-state index in [1.165, 1.54) is 10.6 Å². The first-order valence-corrected chi connectivity index (χ1v) is 6.18. The molecule has 0 aliphatic heterocycles. The van der Waals surface area contributed by atoms with E-state index in [2.05, 4.69) is 5.32 Å². The summed E-state index contributed by atoms with van der Waals surface area (Å²) in [5.41, 5.74) is -0.267. The number of pyridine rings is 1. The summed E-state index contributed by atoms with van der Waals surface area (Å²) in [6, 6.07) is 2.94. The fourth-order valence-corrected chi connectivity index (χ4v) is 2.37. The van der Waals surface area contributed by atoms with Crippen LogP contribution in [0.5, 0.6) is 0 Å². The number of aliphatic carboxylic acids is 1. The number of amides is 1. The minimum Gasteiger partial charge on any atom is -0.481 e. The van der Waals surface area contributed by atoms with E-state index in [1.807, 2.05) is 0 Å². The van der Waals surface area contributed by atoms with Gasteiger partial charge in [0.25, 0.3) is 11.5 Å². The first kappa shape index (κ1) is 13.3. The maximum absolute atomic E-state index is 12.0. The number of nitrogens with zero attached hydrogens (tertiary/aromatic N) is 1. The van der Waals surface area contributed by atoms with Crippen LogP contribution < -0.4 is 10.9 Å². The van der Waals surface area contributed by atoms with E-state index < -0.39 is 17.8 Å². The second-order valence-electron chi connectivity index (χ2n) is 4.86. The van der Waals surface area contributed by atoms with Gasteiger partial charge in [-0.3, -0.25) is 14.4 Å². The molecule has 2 atom stereocenters. The standard InChI is InChI=1S/C13H16N2O4/c1-15-6-2-3-10(12(15)17)11(16)14-9-5-4-8(7-9)13(18)19/h2-3,6,8-9H,4-5,7H2,1H3,(H,14,16)(H,18,19)/t8-,9+/m0/s1. The maximum Gasteiger partial charge on any atom is 0.306 e. The summed E-state index contributed by atoms with van der Waals surface area (Å²) in [6.07, 6.45) is 3.20. The lowest BCUT2D eigenvalue weighted by molar-refractivity contribution is -0.141. The highest BCUT2D eigenvalue weighted by Gasteiger charge is 2.30. The van der Waals surface area contributed by atoms with Crippen molar-refractivity contribution in [3.8, 4) is 0 Å². The molecule has 1 aromatic heterocycles. The Hall–Kier alpha value is -2.11. The van der Waals surface area contributed by atoms with Gasteiger partial charge in [-0.05, 0) is 31.4 Å². The van der Waals surface area contributed by atoms with Gasteiger partial charge in [-0.2, -0.15) is 0 Å². The molecule has 102 valence electrons. The lowest BCUT2D eigenvalue weighted by Crippen LogP contribution is -2.37. The van der Waals surface area contributed by atoms with Gasteiger partial charge in [-0.25, -0.2) is 0 Å². The summed E-state index contributed by atoms with van der Waals surface area (Å²) in [7, 11) is 1.58. The Balaban J connectivity index is 2.05. The van der Waals surface area contributed by atoms with E-state index in [0.29, 0.717) is 19.3 Å². The summed E-state index contributed by atoms with van der Waals surface area (Å²) in [6.45, 7) is 0. The SMILES string of the molecule is Cn1cccc(C(=O)N[C@@H]2CC[C@H](C(=O)O)C2)c1=O. The van der Waals surface area contributed by atoms with E-state index in [0.717, 1.165) is 0 Å². The van der Waals surface area contributed by atoms with Crippen LogP contribution in [-0.2, 0) is 11.8 Å². The number of carbonyl (C=O) groups is 2. The molecule has 0 bridgehead atoms. The van der Waals surface area contributed by atoms with Gasteiger partial charge >= 0.3 is 5.97 Å². The summed E-state index contributed by atoms with van der Waals surface area (Å²) in [5.74, 6) is -1.66. The highest BCUT2D eigenvalue weighted by Crippen LogP contribution is 2.25. The summed E-state index contributed by atoms with van der Waals surface area (Å²) >= 11 is 0. The van der Waals surface area contributed by atoms with Crippen LogP contribution in [0.4, 0.5) is 0 Å². The highest BCUT2D eigenvalue weighted by molar-refractivity contribution is 5.94. The van der Waals surface area contributed by atoms with Crippen molar-refractivity contribution in [2.45, 2.75) is 25.3 Å². The second kappa shape index (κ2) is 5.26. The number of aryl methyl sites for hydroxylation is 1. The van der Waals surface area contributed by atoms with Crippen molar-refractivity contribution in [2.24, 2.45) is 13.0 Å². The van der Waals surface area contributed by atoms with E-state index >= 15 is 0 Å². The van der Waals surface area contributed by atoms with Gasteiger partial charge in [0.15, 0.2) is 0 Å². The Morgan fingerprint density at radius 2 is 2.16 bits per heavy atom. The Kier molecular flexibility index (Phi) is 3.69. The predicted octanol–water partition coefficient (Wildman–Crippen LogP) is 0.368. The van der Waals surface area contributed by atoms with Crippen molar-refractivity contribution >= 4 is 11.9 Å². The molecule has 1 saturated carbocycles. The Morgan fingerprint density at radius 1 is 1.42 bits per heavy atom. The van der Waals surface area contributed by atoms with E-state index in [9.17, 15) is 14.4 Å². The molecular formula is C13H16N2O4. The fourth-order valence-electron chi connectivity index (χ4n) is 2.37. The average molecular weight is 264 g/mol. The monoisotopic (exact) mass is 264 g/mol. The van der Waals surface area contributed by atoms with Gasteiger partial charge in [0.1, 0.15) is 5.56 Å². The number of nitrogens with one attached hydrogen (secondary N) is 1. The minimum absolute atomic E-state index is 0.0868. The summed E-state index contributed by atoms with van der Waals surface area (Å²) < 4.78 is 1.34. The molecule has 1 heterocycles. The number of carbonyl (C=O) groups excluding carboxylic acids is 1. The quantitative estimate of drug-likeness (QED) is 0.825. The molecule has 19 heavy (non-hydrogen) atoms. The number of hydrogen-bond acceptors (Lipinski definition) is 3. The maximum atomic E-state index is 12.0. The number of aromatic nitrogens is 1. The molecule has 0 spiro atoms. The Labute approximate surface area is 110 Å². The normalized spacial score (nSPS) is 22.2. The van der Waals surface area contributed by atoms with Crippen LogP contribution in [0.15, 0.2) is 23.1 Å². The highest BCUT2D eigenvalue weighted by atomic mass is 16.4. The van der Waals surface area contributed by atoms with Crippen molar-refractivity contribution in [1.82, 2.24) is 9.88 Å². The molecule has 1 fully saturated rings. The van der Waals surface area contributed by atoms with Crippen molar-refractivity contribution in [1.29, 1.82) is 0 Å². The molecule has 1 aliphatic carbocycles. The molecule has 0 unspecified atom stereocenters. The molecule has 0 radical (unpaired) electrons. The van der Waals surface area contributed by atoms with Crippen molar-refractivity contribution < 1.29 is 14.7 Å². The number of carboxylic acid groups (broad SMARTS) is 1. The number of hydrogen-bond donors (Lipinski definition) is 2. The third kappa shape index (κ3) is 2.83. The van der Waals surface area contributed by atoms with E-state index in [4.69, 9.17) is 5.11 Å². The van der Waals surface area contributed by atoms with Gasteiger partial charge in [0.05, 0.1) is 5.92 Å². The van der Waals surface area contributed by atoms with Crippen molar-refractivity contribution in [2.75, 3.05) is 0 Å². The molecule has 0 aromatic carbocycles. The number of carboxylic acids is 1. The average Bonchev–Trinajstić information content (AvgIpc) is 2.81. The molecule has 1 amide bonds. The Morgan fingerprint density at radius 3 is 2.79 bits per heavy atom. The molecular weight excluding hydrogens is 248 g/mol. The zero-order valence-corrected chi connectivity index (χ0v) is 10.6. The first-order chi connectivity index (χ1) is 8.99. The number of rotatable bonds is 3. The third-order valence-corrected chi connectivity index (χ3v) is 3.49. The van der Waals surface area contributed by atoms with Crippen molar-refractivity contribution in [3.63, 3.8) is 0 Å². The molecule has 6 nitrogen and oxygen atoms in total. The van der Waals surface area contributed by atoms with Gasteiger partial charge in [0, 0.05) is 19.3 Å². The minimum atomic E-state index is -0.827. The lowest BCUT2D eigenvalue weighted by atomic mass is 10.1. The molecule has 6 heteroatoms. The third-order valence-electron chi connectivity index (χ3n) is 3.49. The van der Waals surface area contributed by atoms with Crippen LogP contribution in [0.25, 0.3) is 0 Å². The molecule has 2 rings (SSSR count). The largest absolute Gasteiger partial charge is 0.481 e. The van der Waals surface area contributed by atoms with Crippen LogP contribution >= 0.6 is 0 Å². The predicted molar refractivity (Wildman–Crippen MR) is 67.9 cm³/mol. The van der Waals surface area contributed by atoms with E-state index in [1.54, 1.807) is 19.3 Å². The summed E-state index contributed by atoms with van der Waals surface area (Å²) in [5, 5.41) is 11.6. The van der Waals surface area contributed by atoms with E-state index in [-0.39, 0.29) is 17.2 Å². The molecule has 1 aliphatic rings. The smallest absolute Gasteiger partial charge is 0.306 e. The van der Waals surface area contributed by atoms with Crippen LogP contribution in [0.3, 0.4) is 0 Å². The van der Waals surface area contributed by atoms with Crippen LogP contribution in [-0.4, -0.2) is 27.6 Å². The zero-order chi connectivity index (χ0) is 14.0. The topological polar surface area (TPSA) is 88.4 Å². The molecule has 0 saturated heterocycles. The molecule has 1 aromatic rings. The fraction of sp³-hybridized carbons (Fsp3) is 0.462. The van der Waals surface area contributed by atoms with Gasteiger partial charge in [-0.15, -0.1) is 0 Å². The van der Waals surface area contributed by atoms with Crippen molar-refractivity contribution in [3.05, 3.63) is 34.2 Å². The van der Waals surface area contributed by atoms with Gasteiger partial charge in [-0.1, -0.05) is 0 Å². The lowest BCUT2D eigenvalue weighted by Gasteiger charge is -2.12. The van der Waals surface area contributed by atoms with Gasteiger partial charge in [0.2, 0.25) is 0 Å². The van der Waals surface area contributed by atoms with Gasteiger partial charge < -0.3 is 15.0 Å². The summed E-state index contributed by atoms with van der Waals surface area (Å²) in [4.78, 5) is 34.6. The first-order valence-electron chi connectivity index (χ1n) is 6.18. The molecule has 2 N–H and O–H groups in total. The van der Waals surface area contributed by atoms with Crippen LogP contribution in [0.1, 0.15) is 29.6 Å². The zero-order valence-electron chi connectivity index (χ0n) is 10.6. The van der Waals surface area contributed by atoms with Crippen LogP contribution in [0.2, 0.25) is 0 Å².